The lowest BCUT2D eigenvalue weighted by Gasteiger charge is -2.32. The Morgan fingerprint density at radius 3 is 2.42 bits per heavy atom. The summed E-state index contributed by atoms with van der Waals surface area (Å²) in [5, 5.41) is 3.22. The van der Waals surface area contributed by atoms with Crippen molar-refractivity contribution in [3.8, 4) is 0 Å². The van der Waals surface area contributed by atoms with Crippen molar-refractivity contribution in [1.82, 2.24) is 10.2 Å². The molecule has 0 bridgehead atoms. The van der Waals surface area contributed by atoms with Crippen LogP contribution in [0.15, 0.2) is 48.5 Å². The molecular weight excluding hydrogens is 462 g/mol. The summed E-state index contributed by atoms with van der Waals surface area (Å²) in [6.45, 7) is 5.86. The lowest BCUT2D eigenvalue weighted by atomic mass is 10.1. The Morgan fingerprint density at radius 2 is 1.82 bits per heavy atom. The van der Waals surface area contributed by atoms with Gasteiger partial charge in [-0.25, -0.2) is 8.42 Å². The van der Waals surface area contributed by atoms with Crippen molar-refractivity contribution in [3.05, 3.63) is 64.7 Å². The molecule has 33 heavy (non-hydrogen) atoms. The molecule has 0 saturated heterocycles. The van der Waals surface area contributed by atoms with Crippen molar-refractivity contribution in [2.45, 2.75) is 46.2 Å². The van der Waals surface area contributed by atoms with Crippen molar-refractivity contribution >= 4 is 39.1 Å². The van der Waals surface area contributed by atoms with Gasteiger partial charge in [0.15, 0.2) is 0 Å². The topological polar surface area (TPSA) is 86.8 Å². The van der Waals surface area contributed by atoms with E-state index >= 15 is 0 Å². The highest BCUT2D eigenvalue weighted by Crippen LogP contribution is 2.23. The summed E-state index contributed by atoms with van der Waals surface area (Å²) >= 11 is 6.05. The van der Waals surface area contributed by atoms with Crippen LogP contribution in [0.2, 0.25) is 5.02 Å². The van der Waals surface area contributed by atoms with Crippen LogP contribution in [0, 0.1) is 6.92 Å². The van der Waals surface area contributed by atoms with Crippen LogP contribution in [0.5, 0.6) is 0 Å². The summed E-state index contributed by atoms with van der Waals surface area (Å²) in [5.74, 6) is -0.763. The molecule has 0 saturated carbocycles. The number of unbranched alkanes of at least 4 members (excludes halogenated alkanes) is 1. The fraction of sp³-hybridized carbons (Fsp3) is 0.417. The highest BCUT2D eigenvalue weighted by Gasteiger charge is 2.30. The molecule has 0 radical (unpaired) electrons. The van der Waals surface area contributed by atoms with Gasteiger partial charge in [0.05, 0.1) is 11.9 Å². The number of amides is 2. The molecule has 2 amide bonds. The van der Waals surface area contributed by atoms with Gasteiger partial charge in [-0.15, -0.1) is 0 Å². The largest absolute Gasteiger partial charge is 0.354 e. The van der Waals surface area contributed by atoms with E-state index in [1.165, 1.54) is 11.0 Å². The van der Waals surface area contributed by atoms with Crippen LogP contribution in [0.4, 0.5) is 5.69 Å². The Balaban J connectivity index is 2.36. The normalized spacial score (nSPS) is 12.2. The molecule has 0 spiro atoms. The first kappa shape index (κ1) is 26.7. The maximum Gasteiger partial charge on any atom is 0.244 e. The predicted molar refractivity (Wildman–Crippen MR) is 133 cm³/mol. The number of nitrogens with zero attached hydrogens (tertiary/aromatic N) is 2. The second-order valence-corrected chi connectivity index (χ2v) is 10.4. The molecule has 7 nitrogen and oxygen atoms in total. The van der Waals surface area contributed by atoms with Gasteiger partial charge in [0.2, 0.25) is 21.8 Å². The van der Waals surface area contributed by atoms with Gasteiger partial charge in [0.25, 0.3) is 0 Å². The molecule has 2 aromatic carbocycles. The number of anilines is 1. The minimum atomic E-state index is -3.78. The average molecular weight is 494 g/mol. The van der Waals surface area contributed by atoms with E-state index in [0.717, 1.165) is 34.5 Å². The standard InChI is InChI=1S/C24H32ClN3O4S/c1-5-6-14-26-24(30)19(3)27(16-20-11-8-7-10-18(20)2)23(29)17-28(33(4,31)32)22-13-9-12-21(25)15-22/h7-13,15,19H,5-6,14,16-17H2,1-4H3,(H,26,30)/t19-/m1/s1. The minimum Gasteiger partial charge on any atom is -0.354 e. The number of hydrogen-bond acceptors (Lipinski definition) is 4. The van der Waals surface area contributed by atoms with E-state index in [-0.39, 0.29) is 18.1 Å². The zero-order valence-corrected chi connectivity index (χ0v) is 21.1. The highest BCUT2D eigenvalue weighted by atomic mass is 35.5. The fourth-order valence-electron chi connectivity index (χ4n) is 3.33. The highest BCUT2D eigenvalue weighted by molar-refractivity contribution is 7.92. The van der Waals surface area contributed by atoms with Crippen molar-refractivity contribution in [2.75, 3.05) is 23.7 Å². The van der Waals surface area contributed by atoms with Crippen LogP contribution in [0.1, 0.15) is 37.8 Å². The number of aryl methyl sites for hydroxylation is 1. The molecule has 0 aliphatic heterocycles. The zero-order valence-electron chi connectivity index (χ0n) is 19.5. The van der Waals surface area contributed by atoms with Gasteiger partial charge >= 0.3 is 0 Å². The first-order chi connectivity index (χ1) is 15.5. The number of carbonyl (C=O) groups excluding carboxylic acids is 2. The zero-order chi connectivity index (χ0) is 24.6. The summed E-state index contributed by atoms with van der Waals surface area (Å²) in [7, 11) is -3.78. The van der Waals surface area contributed by atoms with Gasteiger partial charge in [-0.1, -0.05) is 55.3 Å². The molecule has 0 fully saturated rings. The van der Waals surface area contributed by atoms with Crippen molar-refractivity contribution < 1.29 is 18.0 Å². The number of carbonyl (C=O) groups is 2. The summed E-state index contributed by atoms with van der Waals surface area (Å²) in [4.78, 5) is 27.7. The molecule has 1 N–H and O–H groups in total. The first-order valence-electron chi connectivity index (χ1n) is 10.9. The van der Waals surface area contributed by atoms with Crippen LogP contribution >= 0.6 is 11.6 Å². The van der Waals surface area contributed by atoms with Gasteiger partial charge < -0.3 is 10.2 Å². The van der Waals surface area contributed by atoms with E-state index in [0.29, 0.717) is 11.6 Å². The maximum absolute atomic E-state index is 13.5. The van der Waals surface area contributed by atoms with E-state index in [4.69, 9.17) is 11.6 Å². The van der Waals surface area contributed by atoms with E-state index in [9.17, 15) is 18.0 Å². The number of halogens is 1. The Morgan fingerprint density at radius 1 is 1.12 bits per heavy atom. The molecule has 0 unspecified atom stereocenters. The summed E-state index contributed by atoms with van der Waals surface area (Å²) < 4.78 is 26.1. The van der Waals surface area contributed by atoms with Gasteiger partial charge in [-0.05, 0) is 49.6 Å². The Bertz CT molecular complexity index is 1070. The second kappa shape index (κ2) is 12.0. The molecule has 0 heterocycles. The Labute approximate surface area is 201 Å². The molecule has 1 atom stereocenters. The number of nitrogens with one attached hydrogen (secondary N) is 1. The monoisotopic (exact) mass is 493 g/mol. The van der Waals surface area contributed by atoms with E-state index in [2.05, 4.69) is 5.32 Å². The predicted octanol–water partition coefficient (Wildman–Crippen LogP) is 3.75. The second-order valence-electron chi connectivity index (χ2n) is 8.02. The lowest BCUT2D eigenvalue weighted by molar-refractivity contribution is -0.139. The third-order valence-corrected chi connectivity index (χ3v) is 6.75. The quantitative estimate of drug-likeness (QED) is 0.483. The number of rotatable bonds is 11. The molecular formula is C24H32ClN3O4S. The van der Waals surface area contributed by atoms with Gasteiger partial charge in [0, 0.05) is 18.1 Å². The van der Waals surface area contributed by atoms with Crippen LogP contribution in [0.25, 0.3) is 0 Å². The maximum atomic E-state index is 13.5. The van der Waals surface area contributed by atoms with Crippen LogP contribution in [0.3, 0.4) is 0 Å². The Kier molecular flexibility index (Phi) is 9.73. The summed E-state index contributed by atoms with van der Waals surface area (Å²) in [6, 6.07) is 13.1. The van der Waals surface area contributed by atoms with Crippen LogP contribution in [-0.2, 0) is 26.2 Å². The van der Waals surface area contributed by atoms with E-state index in [1.807, 2.05) is 38.1 Å². The molecule has 9 heteroatoms. The van der Waals surface area contributed by atoms with Gasteiger partial charge in [-0.3, -0.25) is 13.9 Å². The van der Waals surface area contributed by atoms with Crippen molar-refractivity contribution in [3.63, 3.8) is 0 Å². The molecule has 2 aromatic rings. The van der Waals surface area contributed by atoms with Crippen LogP contribution < -0.4 is 9.62 Å². The van der Waals surface area contributed by atoms with Gasteiger partial charge in [0.1, 0.15) is 12.6 Å². The smallest absolute Gasteiger partial charge is 0.244 e. The fourth-order valence-corrected chi connectivity index (χ4v) is 4.36. The third-order valence-electron chi connectivity index (χ3n) is 5.37. The molecule has 0 aliphatic carbocycles. The lowest BCUT2D eigenvalue weighted by Crippen LogP contribution is -2.51. The third kappa shape index (κ3) is 7.75. The SMILES string of the molecule is CCCCNC(=O)[C@@H](C)N(Cc1ccccc1C)C(=O)CN(c1cccc(Cl)c1)S(C)(=O)=O. The molecule has 0 aromatic heterocycles. The molecule has 180 valence electrons. The van der Waals surface area contributed by atoms with Crippen LogP contribution in [-0.4, -0.2) is 50.5 Å². The van der Waals surface area contributed by atoms with Crippen molar-refractivity contribution in [1.29, 1.82) is 0 Å². The Hall–Kier alpha value is -2.58. The first-order valence-corrected chi connectivity index (χ1v) is 13.1. The molecule has 0 aliphatic rings. The number of sulfonamides is 1. The van der Waals surface area contributed by atoms with E-state index < -0.39 is 28.5 Å². The number of benzene rings is 2. The average Bonchev–Trinajstić information content (AvgIpc) is 2.75. The minimum absolute atomic E-state index is 0.182. The number of hydrogen-bond donors (Lipinski definition) is 1. The summed E-state index contributed by atoms with van der Waals surface area (Å²) in [5.41, 5.74) is 2.14. The molecule has 2 rings (SSSR count). The van der Waals surface area contributed by atoms with E-state index in [1.54, 1.807) is 25.1 Å². The summed E-state index contributed by atoms with van der Waals surface area (Å²) in [6.07, 6.45) is 2.80. The van der Waals surface area contributed by atoms with Crippen molar-refractivity contribution in [2.24, 2.45) is 0 Å². The van der Waals surface area contributed by atoms with Gasteiger partial charge in [-0.2, -0.15) is 0 Å².